The Labute approximate surface area is 191 Å². The number of aliphatic carboxylic acids is 1. The van der Waals surface area contributed by atoms with Crippen molar-refractivity contribution in [2.75, 3.05) is 6.54 Å². The lowest BCUT2D eigenvalue weighted by Crippen LogP contribution is -2.57. The number of carbonyl (C=O) groups excluding carboxylic acids is 4. The van der Waals surface area contributed by atoms with Crippen molar-refractivity contribution in [1.82, 2.24) is 16.0 Å². The number of phenols is 1. The predicted molar refractivity (Wildman–Crippen MR) is 118 cm³/mol. The quantitative estimate of drug-likeness (QED) is 0.179. The molecule has 12 nitrogen and oxygen atoms in total. The minimum Gasteiger partial charge on any atom is -0.508 e. The standard InChI is InChI=1S/C21H31N5O7/c1-11(2)7-15(25-19(31)14(22)8-12-3-5-13(27)6-4-12)21(33)26-16(9-17(23)28)20(32)24-10-18(29)30/h3-6,11,14-16,27H,7-10,22H2,1-2H3,(H2,23,28)(H,24,32)(H,25,31)(H,26,33)(H,29,30)/t14-,15?,16?/m1/s1. The first-order chi connectivity index (χ1) is 15.4. The molecule has 0 radical (unpaired) electrons. The summed E-state index contributed by atoms with van der Waals surface area (Å²) >= 11 is 0. The van der Waals surface area contributed by atoms with Crippen LogP contribution in [-0.4, -0.2) is 64.5 Å². The van der Waals surface area contributed by atoms with E-state index >= 15 is 0 Å². The van der Waals surface area contributed by atoms with Gasteiger partial charge in [-0.2, -0.15) is 0 Å². The number of carboxylic acids is 1. The van der Waals surface area contributed by atoms with Gasteiger partial charge in [-0.3, -0.25) is 24.0 Å². The van der Waals surface area contributed by atoms with Crippen molar-refractivity contribution in [2.24, 2.45) is 17.4 Å². The van der Waals surface area contributed by atoms with Gasteiger partial charge in [0, 0.05) is 0 Å². The van der Waals surface area contributed by atoms with E-state index in [0.717, 1.165) is 0 Å². The summed E-state index contributed by atoms with van der Waals surface area (Å²) in [5.41, 5.74) is 11.8. The zero-order chi connectivity index (χ0) is 25.1. The van der Waals surface area contributed by atoms with Gasteiger partial charge in [0.05, 0.1) is 12.5 Å². The second-order valence-corrected chi connectivity index (χ2v) is 8.01. The highest BCUT2D eigenvalue weighted by Crippen LogP contribution is 2.11. The maximum Gasteiger partial charge on any atom is 0.322 e. The number of carbonyl (C=O) groups is 5. The van der Waals surface area contributed by atoms with Crippen molar-refractivity contribution < 1.29 is 34.2 Å². The second-order valence-electron chi connectivity index (χ2n) is 8.01. The lowest BCUT2D eigenvalue weighted by Gasteiger charge is -2.24. The molecular weight excluding hydrogens is 434 g/mol. The highest BCUT2D eigenvalue weighted by Gasteiger charge is 2.29. The van der Waals surface area contributed by atoms with Crippen LogP contribution in [0.4, 0.5) is 0 Å². The number of hydrogen-bond acceptors (Lipinski definition) is 7. The van der Waals surface area contributed by atoms with Crippen LogP contribution in [-0.2, 0) is 30.4 Å². The van der Waals surface area contributed by atoms with E-state index in [4.69, 9.17) is 16.6 Å². The van der Waals surface area contributed by atoms with Gasteiger partial charge in [0.15, 0.2) is 0 Å². The van der Waals surface area contributed by atoms with E-state index in [9.17, 15) is 29.1 Å². The third kappa shape index (κ3) is 10.5. The van der Waals surface area contributed by atoms with Gasteiger partial charge in [-0.15, -0.1) is 0 Å². The van der Waals surface area contributed by atoms with Crippen molar-refractivity contribution in [3.63, 3.8) is 0 Å². The Morgan fingerprint density at radius 2 is 1.52 bits per heavy atom. The molecule has 9 N–H and O–H groups in total. The molecule has 0 fully saturated rings. The fourth-order valence-electron chi connectivity index (χ4n) is 2.93. The number of benzene rings is 1. The number of primary amides is 1. The van der Waals surface area contributed by atoms with Crippen LogP contribution >= 0.6 is 0 Å². The van der Waals surface area contributed by atoms with E-state index in [1.807, 2.05) is 13.8 Å². The molecule has 0 bridgehead atoms. The van der Waals surface area contributed by atoms with Crippen LogP contribution in [0, 0.1) is 5.92 Å². The zero-order valence-electron chi connectivity index (χ0n) is 18.5. The molecule has 0 spiro atoms. The van der Waals surface area contributed by atoms with E-state index in [0.29, 0.717) is 5.56 Å². The van der Waals surface area contributed by atoms with E-state index < -0.39 is 60.7 Å². The fraction of sp³-hybridized carbons (Fsp3) is 0.476. The van der Waals surface area contributed by atoms with Crippen molar-refractivity contribution >= 4 is 29.6 Å². The van der Waals surface area contributed by atoms with Gasteiger partial charge >= 0.3 is 5.97 Å². The number of rotatable bonds is 13. The number of hydrogen-bond donors (Lipinski definition) is 7. The molecule has 12 heteroatoms. The summed E-state index contributed by atoms with van der Waals surface area (Å²) in [5.74, 6) is -4.39. The molecule has 1 aromatic rings. The Balaban J connectivity index is 2.88. The minimum absolute atomic E-state index is 0.0233. The average molecular weight is 466 g/mol. The Kier molecular flexibility index (Phi) is 10.8. The van der Waals surface area contributed by atoms with Gasteiger partial charge in [-0.05, 0) is 36.5 Å². The average Bonchev–Trinajstić information content (AvgIpc) is 2.71. The van der Waals surface area contributed by atoms with Crippen molar-refractivity contribution in [2.45, 2.75) is 51.2 Å². The molecule has 0 saturated heterocycles. The lowest BCUT2D eigenvalue weighted by molar-refractivity contribution is -0.138. The molecule has 4 amide bonds. The molecule has 182 valence electrons. The molecule has 33 heavy (non-hydrogen) atoms. The molecule has 1 aromatic carbocycles. The molecule has 0 heterocycles. The van der Waals surface area contributed by atoms with Gasteiger partial charge < -0.3 is 37.6 Å². The summed E-state index contributed by atoms with van der Waals surface area (Å²) in [6, 6.07) is 2.69. The van der Waals surface area contributed by atoms with Gasteiger partial charge in [0.2, 0.25) is 23.6 Å². The summed E-state index contributed by atoms with van der Waals surface area (Å²) in [7, 11) is 0. The fourth-order valence-corrected chi connectivity index (χ4v) is 2.93. The van der Waals surface area contributed by atoms with Gasteiger partial charge in [-0.25, -0.2) is 0 Å². The van der Waals surface area contributed by atoms with Crippen LogP contribution in [0.25, 0.3) is 0 Å². The van der Waals surface area contributed by atoms with Gasteiger partial charge in [-0.1, -0.05) is 26.0 Å². The van der Waals surface area contributed by atoms with Crippen molar-refractivity contribution in [3.8, 4) is 5.75 Å². The third-order valence-corrected chi connectivity index (χ3v) is 4.52. The van der Waals surface area contributed by atoms with Crippen LogP contribution in [0.1, 0.15) is 32.3 Å². The first-order valence-corrected chi connectivity index (χ1v) is 10.3. The van der Waals surface area contributed by atoms with E-state index in [1.165, 1.54) is 12.1 Å². The number of nitrogens with two attached hydrogens (primary N) is 2. The van der Waals surface area contributed by atoms with Gasteiger partial charge in [0.1, 0.15) is 24.4 Å². The molecule has 0 saturated carbocycles. The second kappa shape index (κ2) is 13.0. The maximum atomic E-state index is 12.8. The topological polar surface area (TPSA) is 214 Å². The first kappa shape index (κ1) is 27.4. The Morgan fingerprint density at radius 1 is 0.939 bits per heavy atom. The van der Waals surface area contributed by atoms with E-state index in [-0.39, 0.29) is 24.5 Å². The Bertz CT molecular complexity index is 857. The van der Waals surface area contributed by atoms with Crippen LogP contribution in [0.3, 0.4) is 0 Å². The highest BCUT2D eigenvalue weighted by molar-refractivity contribution is 5.95. The number of amides is 4. The molecular formula is C21H31N5O7. The lowest BCUT2D eigenvalue weighted by atomic mass is 10.0. The predicted octanol–water partition coefficient (Wildman–Crippen LogP) is -1.65. The number of aromatic hydroxyl groups is 1. The first-order valence-electron chi connectivity index (χ1n) is 10.3. The van der Waals surface area contributed by atoms with Crippen molar-refractivity contribution in [1.29, 1.82) is 0 Å². The zero-order valence-corrected chi connectivity index (χ0v) is 18.5. The number of carboxylic acid groups (broad SMARTS) is 1. The van der Waals surface area contributed by atoms with Crippen LogP contribution in [0.5, 0.6) is 5.75 Å². The van der Waals surface area contributed by atoms with E-state index in [1.54, 1.807) is 12.1 Å². The molecule has 1 rings (SSSR count). The van der Waals surface area contributed by atoms with Crippen LogP contribution < -0.4 is 27.4 Å². The smallest absolute Gasteiger partial charge is 0.322 e. The highest BCUT2D eigenvalue weighted by atomic mass is 16.4. The minimum atomic E-state index is -1.41. The monoisotopic (exact) mass is 465 g/mol. The third-order valence-electron chi connectivity index (χ3n) is 4.52. The summed E-state index contributed by atoms with van der Waals surface area (Å²) in [4.78, 5) is 59.6. The molecule has 0 aliphatic heterocycles. The summed E-state index contributed by atoms with van der Waals surface area (Å²) in [5, 5.41) is 25.0. The Hall–Kier alpha value is -3.67. The molecule has 0 aromatic heterocycles. The van der Waals surface area contributed by atoms with Crippen LogP contribution in [0.15, 0.2) is 24.3 Å². The summed E-state index contributed by atoms with van der Waals surface area (Å²) in [6.07, 6.45) is -0.187. The SMILES string of the molecule is CC(C)CC(NC(=O)[C@H](N)Cc1ccc(O)cc1)C(=O)NC(CC(N)=O)C(=O)NCC(=O)O. The van der Waals surface area contributed by atoms with Crippen LogP contribution in [0.2, 0.25) is 0 Å². The normalized spacial score (nSPS) is 13.5. The molecule has 2 unspecified atom stereocenters. The summed E-state index contributed by atoms with van der Waals surface area (Å²) in [6.45, 7) is 2.94. The van der Waals surface area contributed by atoms with Gasteiger partial charge in [0.25, 0.3) is 0 Å². The van der Waals surface area contributed by atoms with Crippen molar-refractivity contribution in [3.05, 3.63) is 29.8 Å². The maximum absolute atomic E-state index is 12.8. The summed E-state index contributed by atoms with van der Waals surface area (Å²) < 4.78 is 0. The molecule has 0 aliphatic rings. The van der Waals surface area contributed by atoms with E-state index in [2.05, 4.69) is 16.0 Å². The molecule has 0 aliphatic carbocycles. The Morgan fingerprint density at radius 3 is 2.03 bits per heavy atom. The molecule has 3 atom stereocenters. The number of phenolic OH excluding ortho intramolecular Hbond substituents is 1. The largest absolute Gasteiger partial charge is 0.508 e. The number of nitrogens with one attached hydrogen (secondary N) is 3.